The van der Waals surface area contributed by atoms with Crippen molar-refractivity contribution in [1.29, 1.82) is 0 Å². The van der Waals surface area contributed by atoms with Crippen molar-refractivity contribution in [3.05, 3.63) is 47.8 Å². The van der Waals surface area contributed by atoms with E-state index < -0.39 is 0 Å². The van der Waals surface area contributed by atoms with Gasteiger partial charge in [0.1, 0.15) is 0 Å². The third-order valence-corrected chi connectivity index (χ3v) is 4.87. The molecular weight excluding hydrogens is 328 g/mol. The smallest absolute Gasteiger partial charge is 0.231 e. The first-order valence-corrected chi connectivity index (χ1v) is 8.83. The summed E-state index contributed by atoms with van der Waals surface area (Å²) >= 11 is 0. The van der Waals surface area contributed by atoms with E-state index in [1.807, 2.05) is 13.1 Å². The van der Waals surface area contributed by atoms with Crippen molar-refractivity contribution < 1.29 is 9.47 Å². The number of hydrogen-bond acceptors (Lipinski definition) is 3. The van der Waals surface area contributed by atoms with E-state index in [0.717, 1.165) is 30.5 Å². The monoisotopic (exact) mass is 356 g/mol. The summed E-state index contributed by atoms with van der Waals surface area (Å²) in [7, 11) is 5.93. The van der Waals surface area contributed by atoms with Crippen LogP contribution in [0.1, 0.15) is 25.1 Å². The lowest BCUT2D eigenvalue weighted by Crippen LogP contribution is -2.44. The van der Waals surface area contributed by atoms with Crippen molar-refractivity contribution in [2.24, 2.45) is 12.0 Å². The van der Waals surface area contributed by atoms with Gasteiger partial charge in [-0.1, -0.05) is 19.9 Å². The van der Waals surface area contributed by atoms with Gasteiger partial charge in [0, 0.05) is 45.0 Å². The zero-order valence-corrected chi connectivity index (χ0v) is 16.2. The fourth-order valence-corrected chi connectivity index (χ4v) is 3.08. The predicted octanol–water partition coefficient (Wildman–Crippen LogP) is 2.74. The number of hydrogen-bond donors (Lipinski definition) is 1. The van der Waals surface area contributed by atoms with Gasteiger partial charge in [0.2, 0.25) is 6.79 Å². The summed E-state index contributed by atoms with van der Waals surface area (Å²) in [6.07, 6.45) is 2.06. The first kappa shape index (κ1) is 18.2. The number of guanidine groups is 1. The minimum atomic E-state index is -0.0806. The van der Waals surface area contributed by atoms with Crippen LogP contribution in [-0.2, 0) is 19.0 Å². The second-order valence-electron chi connectivity index (χ2n) is 7.32. The number of aliphatic imine (C=N–C) groups is 1. The Morgan fingerprint density at radius 2 is 2.04 bits per heavy atom. The minimum Gasteiger partial charge on any atom is -0.454 e. The molecule has 6 nitrogen and oxygen atoms in total. The number of nitrogens with one attached hydrogen (secondary N) is 1. The number of nitrogens with zero attached hydrogens (tertiary/aromatic N) is 3. The highest BCUT2D eigenvalue weighted by atomic mass is 16.7. The minimum absolute atomic E-state index is 0.0806. The van der Waals surface area contributed by atoms with Crippen LogP contribution in [0.4, 0.5) is 0 Å². The Morgan fingerprint density at radius 3 is 2.73 bits per heavy atom. The quantitative estimate of drug-likeness (QED) is 0.661. The van der Waals surface area contributed by atoms with E-state index in [0.29, 0.717) is 6.79 Å². The Balaban J connectivity index is 1.64. The van der Waals surface area contributed by atoms with Gasteiger partial charge in [-0.25, -0.2) is 0 Å². The van der Waals surface area contributed by atoms with Gasteiger partial charge in [0.25, 0.3) is 0 Å². The number of aromatic nitrogens is 1. The predicted molar refractivity (Wildman–Crippen MR) is 104 cm³/mol. The van der Waals surface area contributed by atoms with Crippen molar-refractivity contribution in [2.75, 3.05) is 27.4 Å². The Bertz CT molecular complexity index is 795. The summed E-state index contributed by atoms with van der Waals surface area (Å²) in [4.78, 5) is 6.56. The molecule has 0 spiro atoms. The second kappa shape index (κ2) is 7.32. The lowest BCUT2D eigenvalue weighted by molar-refractivity contribution is 0.174. The normalized spacial score (nSPS) is 13.8. The van der Waals surface area contributed by atoms with Crippen LogP contribution in [0.15, 0.2) is 41.5 Å². The summed E-state index contributed by atoms with van der Waals surface area (Å²) in [6.45, 7) is 6.28. The summed E-state index contributed by atoms with van der Waals surface area (Å²) in [6, 6.07) is 10.3. The van der Waals surface area contributed by atoms with E-state index >= 15 is 0 Å². The van der Waals surface area contributed by atoms with Crippen molar-refractivity contribution >= 4 is 5.96 Å². The molecule has 3 rings (SSSR count). The van der Waals surface area contributed by atoms with Gasteiger partial charge in [0.15, 0.2) is 17.5 Å². The highest BCUT2D eigenvalue weighted by molar-refractivity contribution is 5.79. The van der Waals surface area contributed by atoms with Crippen LogP contribution in [0, 0.1) is 0 Å². The molecule has 0 saturated heterocycles. The van der Waals surface area contributed by atoms with E-state index in [4.69, 9.17) is 9.47 Å². The molecule has 0 unspecified atom stereocenters. The number of rotatable bonds is 5. The molecule has 1 aromatic carbocycles. The van der Waals surface area contributed by atoms with Gasteiger partial charge < -0.3 is 24.3 Å². The van der Waals surface area contributed by atoms with Crippen LogP contribution >= 0.6 is 0 Å². The van der Waals surface area contributed by atoms with E-state index in [2.05, 4.69) is 78.2 Å². The van der Waals surface area contributed by atoms with E-state index in [-0.39, 0.29) is 5.41 Å². The molecule has 0 aliphatic carbocycles. The lowest BCUT2D eigenvalue weighted by atomic mass is 9.84. The molecule has 140 valence electrons. The van der Waals surface area contributed by atoms with Crippen LogP contribution in [0.5, 0.6) is 11.5 Å². The molecule has 1 N–H and O–H groups in total. The van der Waals surface area contributed by atoms with E-state index in [9.17, 15) is 0 Å². The molecule has 2 aromatic rings. The maximum Gasteiger partial charge on any atom is 0.231 e. The largest absolute Gasteiger partial charge is 0.454 e. The first-order valence-electron chi connectivity index (χ1n) is 8.83. The molecule has 0 radical (unpaired) electrons. The van der Waals surface area contributed by atoms with E-state index in [1.54, 1.807) is 0 Å². The van der Waals surface area contributed by atoms with Crippen LogP contribution in [-0.4, -0.2) is 42.9 Å². The molecule has 0 bridgehead atoms. The Labute approximate surface area is 155 Å². The Morgan fingerprint density at radius 1 is 1.27 bits per heavy atom. The van der Waals surface area contributed by atoms with Gasteiger partial charge in [0.05, 0.1) is 6.54 Å². The van der Waals surface area contributed by atoms with Crippen molar-refractivity contribution in [3.8, 4) is 11.5 Å². The van der Waals surface area contributed by atoms with Gasteiger partial charge in [-0.05, 0) is 29.8 Å². The molecule has 0 saturated carbocycles. The molecule has 6 heteroatoms. The lowest BCUT2D eigenvalue weighted by Gasteiger charge is -2.29. The summed E-state index contributed by atoms with van der Waals surface area (Å²) in [5, 5.41) is 3.50. The number of fused-ring (bicyclic) bond motifs is 1. The Hall–Kier alpha value is -2.63. The molecule has 0 amide bonds. The third-order valence-electron chi connectivity index (χ3n) is 4.87. The average Bonchev–Trinajstić information content (AvgIpc) is 3.23. The van der Waals surface area contributed by atoms with Crippen molar-refractivity contribution in [1.82, 2.24) is 14.8 Å². The fraction of sp³-hybridized carbons (Fsp3) is 0.450. The number of aryl methyl sites for hydroxylation is 1. The average molecular weight is 356 g/mol. The standard InChI is InChI=1S/C20H28N4O2/c1-20(2,15-8-9-17-18(11-15)26-14-25-17)13-22-19(21-3)24(5)12-16-7-6-10-23(16)4/h6-11H,12-14H2,1-5H3,(H,21,22). The molecule has 1 aliphatic rings. The number of ether oxygens (including phenoxy) is 2. The van der Waals surface area contributed by atoms with Gasteiger partial charge in [-0.2, -0.15) is 0 Å². The maximum atomic E-state index is 5.51. The maximum absolute atomic E-state index is 5.51. The summed E-state index contributed by atoms with van der Waals surface area (Å²) in [5.41, 5.74) is 2.36. The SMILES string of the molecule is CN=C(NCC(C)(C)c1ccc2c(c1)OCO2)N(C)Cc1cccn1C. The van der Waals surface area contributed by atoms with Gasteiger partial charge in [-0.15, -0.1) is 0 Å². The third kappa shape index (κ3) is 3.79. The van der Waals surface area contributed by atoms with E-state index in [1.165, 1.54) is 11.3 Å². The molecule has 1 aliphatic heterocycles. The molecule has 1 aromatic heterocycles. The topological polar surface area (TPSA) is 51.0 Å². The molecule has 26 heavy (non-hydrogen) atoms. The van der Waals surface area contributed by atoms with Crippen LogP contribution in [0.3, 0.4) is 0 Å². The fourth-order valence-electron chi connectivity index (χ4n) is 3.08. The highest BCUT2D eigenvalue weighted by Gasteiger charge is 2.25. The van der Waals surface area contributed by atoms with Crippen LogP contribution < -0.4 is 14.8 Å². The molecule has 0 fully saturated rings. The van der Waals surface area contributed by atoms with Crippen molar-refractivity contribution in [2.45, 2.75) is 25.8 Å². The Kier molecular flexibility index (Phi) is 5.11. The molecule has 2 heterocycles. The van der Waals surface area contributed by atoms with Gasteiger partial charge >= 0.3 is 0 Å². The van der Waals surface area contributed by atoms with Crippen LogP contribution in [0.25, 0.3) is 0 Å². The molecular formula is C20H28N4O2. The van der Waals surface area contributed by atoms with Crippen LogP contribution in [0.2, 0.25) is 0 Å². The number of benzene rings is 1. The molecule has 0 atom stereocenters. The zero-order chi connectivity index (χ0) is 18.7. The van der Waals surface area contributed by atoms with Gasteiger partial charge in [-0.3, -0.25) is 4.99 Å². The zero-order valence-electron chi connectivity index (χ0n) is 16.2. The van der Waals surface area contributed by atoms with Crippen molar-refractivity contribution in [3.63, 3.8) is 0 Å². The second-order valence-corrected chi connectivity index (χ2v) is 7.32. The highest BCUT2D eigenvalue weighted by Crippen LogP contribution is 2.36. The first-order chi connectivity index (χ1) is 12.4. The summed E-state index contributed by atoms with van der Waals surface area (Å²) in [5.74, 6) is 2.51. The summed E-state index contributed by atoms with van der Waals surface area (Å²) < 4.78 is 13.0.